The number of halogens is 1. The van der Waals surface area contributed by atoms with Crippen molar-refractivity contribution in [3.05, 3.63) is 35.6 Å². The Morgan fingerprint density at radius 3 is 3.09 bits per heavy atom. The van der Waals surface area contributed by atoms with Crippen molar-refractivity contribution in [3.8, 4) is 0 Å². The highest BCUT2D eigenvalue weighted by molar-refractivity contribution is 7.98. The number of carbonyl (C=O) groups excluding carboxylic acids is 1. The van der Waals surface area contributed by atoms with E-state index in [1.165, 1.54) is 6.07 Å². The Morgan fingerprint density at radius 2 is 2.32 bits per heavy atom. The van der Waals surface area contributed by atoms with Crippen LogP contribution in [0, 0.1) is 5.82 Å². The minimum atomic E-state index is -0.194. The van der Waals surface area contributed by atoms with Gasteiger partial charge in [0.05, 0.1) is 0 Å². The van der Waals surface area contributed by atoms with Crippen molar-refractivity contribution < 1.29 is 9.18 Å². The van der Waals surface area contributed by atoms with E-state index in [0.29, 0.717) is 24.9 Å². The van der Waals surface area contributed by atoms with Gasteiger partial charge in [0.2, 0.25) is 5.91 Å². The Balaban J connectivity index is 1.70. The molecule has 1 heterocycles. The first kappa shape index (κ1) is 17.3. The van der Waals surface area contributed by atoms with E-state index in [2.05, 4.69) is 16.5 Å². The van der Waals surface area contributed by atoms with Crippen molar-refractivity contribution >= 4 is 17.7 Å². The van der Waals surface area contributed by atoms with Gasteiger partial charge in [-0.2, -0.15) is 11.8 Å². The van der Waals surface area contributed by atoms with Crippen molar-refractivity contribution in [2.24, 2.45) is 0 Å². The Labute approximate surface area is 136 Å². The number of carbonyl (C=O) groups is 1. The molecule has 0 aliphatic carbocycles. The van der Waals surface area contributed by atoms with E-state index in [-0.39, 0.29) is 5.82 Å². The van der Waals surface area contributed by atoms with E-state index in [4.69, 9.17) is 0 Å². The third-order valence-electron chi connectivity index (χ3n) is 4.07. The molecule has 5 heteroatoms. The lowest BCUT2D eigenvalue weighted by atomic mass is 10.1. The van der Waals surface area contributed by atoms with Gasteiger partial charge in [0.25, 0.3) is 0 Å². The van der Waals surface area contributed by atoms with Crippen molar-refractivity contribution in [3.63, 3.8) is 0 Å². The second kappa shape index (κ2) is 9.16. The zero-order chi connectivity index (χ0) is 15.8. The first-order chi connectivity index (χ1) is 10.7. The SMILES string of the molecule is CSCCCN1C(=O)CCC1CCNCc1cccc(F)c1. The summed E-state index contributed by atoms with van der Waals surface area (Å²) in [4.78, 5) is 14.0. The molecule has 0 radical (unpaired) electrons. The van der Waals surface area contributed by atoms with Crippen LogP contribution < -0.4 is 5.32 Å². The molecule has 2 rings (SSSR count). The van der Waals surface area contributed by atoms with Crippen molar-refractivity contribution in [2.75, 3.05) is 25.1 Å². The van der Waals surface area contributed by atoms with E-state index in [1.54, 1.807) is 12.1 Å². The first-order valence-corrected chi connectivity index (χ1v) is 9.33. The number of hydrogen-bond donors (Lipinski definition) is 1. The van der Waals surface area contributed by atoms with E-state index >= 15 is 0 Å². The van der Waals surface area contributed by atoms with Crippen LogP contribution in [0.5, 0.6) is 0 Å². The number of nitrogens with zero attached hydrogens (tertiary/aromatic N) is 1. The Hall–Kier alpha value is -1.07. The maximum absolute atomic E-state index is 13.1. The van der Waals surface area contributed by atoms with Gasteiger partial charge in [-0.1, -0.05) is 12.1 Å². The van der Waals surface area contributed by atoms with Crippen molar-refractivity contribution in [1.82, 2.24) is 10.2 Å². The number of benzene rings is 1. The van der Waals surface area contributed by atoms with Gasteiger partial charge in [0.1, 0.15) is 5.82 Å². The molecular formula is C17H25FN2OS. The maximum Gasteiger partial charge on any atom is 0.222 e. The molecule has 0 saturated carbocycles. The number of rotatable bonds is 9. The summed E-state index contributed by atoms with van der Waals surface area (Å²) >= 11 is 1.83. The quantitative estimate of drug-likeness (QED) is 0.709. The zero-order valence-corrected chi connectivity index (χ0v) is 14.0. The van der Waals surface area contributed by atoms with Crippen LogP contribution in [-0.4, -0.2) is 41.9 Å². The lowest BCUT2D eigenvalue weighted by Crippen LogP contribution is -2.36. The average Bonchev–Trinajstić information content (AvgIpc) is 2.85. The number of thioether (sulfide) groups is 1. The normalized spacial score (nSPS) is 18.2. The molecule has 1 saturated heterocycles. The van der Waals surface area contributed by atoms with E-state index in [1.807, 2.05) is 17.8 Å². The smallest absolute Gasteiger partial charge is 0.222 e. The average molecular weight is 324 g/mol. The van der Waals surface area contributed by atoms with Crippen LogP contribution in [0.4, 0.5) is 4.39 Å². The molecule has 1 fully saturated rings. The summed E-state index contributed by atoms with van der Waals surface area (Å²) in [5, 5.41) is 3.35. The fourth-order valence-corrected chi connectivity index (χ4v) is 3.35. The number of hydrogen-bond acceptors (Lipinski definition) is 3. The van der Waals surface area contributed by atoms with Crippen LogP contribution in [0.25, 0.3) is 0 Å². The largest absolute Gasteiger partial charge is 0.340 e. The van der Waals surface area contributed by atoms with Crippen LogP contribution in [-0.2, 0) is 11.3 Å². The van der Waals surface area contributed by atoms with E-state index in [0.717, 1.165) is 43.7 Å². The standard InChI is InChI=1S/C17H25FN2OS/c1-22-11-3-10-20-16(6-7-17(20)21)8-9-19-13-14-4-2-5-15(18)12-14/h2,4-5,12,16,19H,3,6-11,13H2,1H3. The van der Waals surface area contributed by atoms with Crippen LogP contribution in [0.3, 0.4) is 0 Å². The summed E-state index contributed by atoms with van der Waals surface area (Å²) in [6.07, 6.45) is 5.80. The lowest BCUT2D eigenvalue weighted by molar-refractivity contribution is -0.129. The molecule has 0 spiro atoms. The third kappa shape index (κ3) is 5.29. The van der Waals surface area contributed by atoms with Crippen LogP contribution in [0.1, 0.15) is 31.2 Å². The van der Waals surface area contributed by atoms with Gasteiger partial charge in [0, 0.05) is 25.6 Å². The van der Waals surface area contributed by atoms with Gasteiger partial charge in [-0.15, -0.1) is 0 Å². The van der Waals surface area contributed by atoms with Crippen molar-refractivity contribution in [2.45, 2.75) is 38.3 Å². The second-order valence-corrected chi connectivity index (χ2v) is 6.71. The third-order valence-corrected chi connectivity index (χ3v) is 4.77. The summed E-state index contributed by atoms with van der Waals surface area (Å²) in [5.41, 5.74) is 0.958. The van der Waals surface area contributed by atoms with Gasteiger partial charge >= 0.3 is 0 Å². The Morgan fingerprint density at radius 1 is 1.45 bits per heavy atom. The Bertz CT molecular complexity index is 483. The van der Waals surface area contributed by atoms with Crippen molar-refractivity contribution in [1.29, 1.82) is 0 Å². The number of amides is 1. The summed E-state index contributed by atoms with van der Waals surface area (Å²) in [5.74, 6) is 1.21. The van der Waals surface area contributed by atoms with Gasteiger partial charge in [-0.05, 0) is 55.5 Å². The fourth-order valence-electron chi connectivity index (χ4n) is 2.93. The molecule has 0 bridgehead atoms. The molecule has 3 nitrogen and oxygen atoms in total. The molecule has 1 amide bonds. The van der Waals surface area contributed by atoms with E-state index in [9.17, 15) is 9.18 Å². The first-order valence-electron chi connectivity index (χ1n) is 7.94. The molecule has 1 aromatic rings. The highest BCUT2D eigenvalue weighted by atomic mass is 32.2. The van der Waals surface area contributed by atoms with Crippen LogP contribution in [0.15, 0.2) is 24.3 Å². The maximum atomic E-state index is 13.1. The highest BCUT2D eigenvalue weighted by Gasteiger charge is 2.29. The molecule has 1 unspecified atom stereocenters. The summed E-state index contributed by atoms with van der Waals surface area (Å²) in [7, 11) is 0. The monoisotopic (exact) mass is 324 g/mol. The zero-order valence-electron chi connectivity index (χ0n) is 13.2. The topological polar surface area (TPSA) is 32.3 Å². The lowest BCUT2D eigenvalue weighted by Gasteiger charge is -2.25. The van der Waals surface area contributed by atoms with Gasteiger partial charge < -0.3 is 10.2 Å². The molecule has 22 heavy (non-hydrogen) atoms. The molecule has 1 aliphatic heterocycles. The minimum Gasteiger partial charge on any atom is -0.340 e. The molecule has 1 aromatic carbocycles. The summed E-state index contributed by atoms with van der Waals surface area (Å²) < 4.78 is 13.1. The minimum absolute atomic E-state index is 0.194. The molecule has 1 atom stereocenters. The Kier molecular flexibility index (Phi) is 7.19. The van der Waals surface area contributed by atoms with Gasteiger partial charge in [-0.25, -0.2) is 4.39 Å². The molecule has 122 valence electrons. The molecule has 0 aromatic heterocycles. The predicted molar refractivity (Wildman–Crippen MR) is 90.5 cm³/mol. The predicted octanol–water partition coefficient (Wildman–Crippen LogP) is 3.05. The summed E-state index contributed by atoms with van der Waals surface area (Å²) in [6, 6.07) is 7.04. The summed E-state index contributed by atoms with van der Waals surface area (Å²) in [6.45, 7) is 2.41. The van der Waals surface area contributed by atoms with Crippen LogP contribution in [0.2, 0.25) is 0 Å². The van der Waals surface area contributed by atoms with Gasteiger partial charge in [0.15, 0.2) is 0 Å². The van der Waals surface area contributed by atoms with Gasteiger partial charge in [-0.3, -0.25) is 4.79 Å². The molecular weight excluding hydrogens is 299 g/mol. The van der Waals surface area contributed by atoms with E-state index < -0.39 is 0 Å². The number of nitrogens with one attached hydrogen (secondary N) is 1. The highest BCUT2D eigenvalue weighted by Crippen LogP contribution is 2.21. The fraction of sp³-hybridized carbons (Fsp3) is 0.588. The molecule has 1 N–H and O–H groups in total. The van der Waals surface area contributed by atoms with Crippen LogP contribution >= 0.6 is 11.8 Å². The molecule has 1 aliphatic rings. The second-order valence-electron chi connectivity index (χ2n) is 5.72. The number of likely N-dealkylation sites (tertiary alicyclic amines) is 1.